The molecule has 3 heteroatoms. The van der Waals surface area contributed by atoms with Crippen molar-refractivity contribution in [3.63, 3.8) is 0 Å². The second-order valence-corrected chi connectivity index (χ2v) is 7.27. The Hall–Kier alpha value is -2.16. The van der Waals surface area contributed by atoms with E-state index in [2.05, 4.69) is 56.9 Å². The minimum Gasteiger partial charge on any atom is -0.493 e. The molecule has 0 atom stereocenters. The SMILES string of the molecule is COc1cc(C(C)C)ccc1Oc1c(C)cc(N2CCCC2)cc1C. The number of ether oxygens (including phenoxy) is 2. The van der Waals surface area contributed by atoms with Crippen molar-refractivity contribution in [3.8, 4) is 17.2 Å². The molecule has 0 unspecified atom stereocenters. The second kappa shape index (κ2) is 7.38. The van der Waals surface area contributed by atoms with Crippen molar-refractivity contribution >= 4 is 5.69 Å². The van der Waals surface area contributed by atoms with E-state index >= 15 is 0 Å². The van der Waals surface area contributed by atoms with E-state index in [1.165, 1.54) is 24.1 Å². The zero-order valence-corrected chi connectivity index (χ0v) is 16.1. The smallest absolute Gasteiger partial charge is 0.169 e. The molecule has 0 bridgehead atoms. The van der Waals surface area contributed by atoms with Gasteiger partial charge in [0.15, 0.2) is 11.5 Å². The number of benzene rings is 2. The van der Waals surface area contributed by atoms with Gasteiger partial charge in [-0.1, -0.05) is 19.9 Å². The van der Waals surface area contributed by atoms with Crippen LogP contribution < -0.4 is 14.4 Å². The van der Waals surface area contributed by atoms with Gasteiger partial charge in [0, 0.05) is 18.8 Å². The van der Waals surface area contributed by atoms with E-state index in [0.29, 0.717) is 5.92 Å². The molecule has 0 spiro atoms. The van der Waals surface area contributed by atoms with E-state index in [0.717, 1.165) is 41.5 Å². The molecule has 3 nitrogen and oxygen atoms in total. The first-order valence-electron chi connectivity index (χ1n) is 9.21. The molecule has 0 saturated carbocycles. The van der Waals surface area contributed by atoms with Gasteiger partial charge in [-0.05, 0) is 73.6 Å². The number of hydrogen-bond donors (Lipinski definition) is 0. The largest absolute Gasteiger partial charge is 0.493 e. The Morgan fingerprint density at radius 2 is 1.56 bits per heavy atom. The van der Waals surface area contributed by atoms with Crippen LogP contribution in [-0.2, 0) is 0 Å². The van der Waals surface area contributed by atoms with Gasteiger partial charge in [-0.15, -0.1) is 0 Å². The van der Waals surface area contributed by atoms with E-state index in [1.54, 1.807) is 7.11 Å². The molecule has 0 aromatic heterocycles. The summed E-state index contributed by atoms with van der Waals surface area (Å²) < 4.78 is 11.8. The number of methoxy groups -OCH3 is 1. The van der Waals surface area contributed by atoms with Gasteiger partial charge in [0.25, 0.3) is 0 Å². The van der Waals surface area contributed by atoms with E-state index in [1.807, 2.05) is 6.07 Å². The van der Waals surface area contributed by atoms with Crippen LogP contribution in [-0.4, -0.2) is 20.2 Å². The minimum atomic E-state index is 0.464. The molecule has 0 N–H and O–H groups in total. The Bertz CT molecular complexity index is 723. The van der Waals surface area contributed by atoms with Crippen molar-refractivity contribution in [2.24, 2.45) is 0 Å². The highest BCUT2D eigenvalue weighted by molar-refractivity contribution is 5.58. The third-order valence-corrected chi connectivity index (χ3v) is 4.98. The summed E-state index contributed by atoms with van der Waals surface area (Å²) in [5, 5.41) is 0. The van der Waals surface area contributed by atoms with Gasteiger partial charge < -0.3 is 14.4 Å². The zero-order chi connectivity index (χ0) is 18.0. The highest BCUT2D eigenvalue weighted by Crippen LogP contribution is 2.38. The molecule has 1 saturated heterocycles. The molecule has 2 aromatic rings. The first-order chi connectivity index (χ1) is 12.0. The van der Waals surface area contributed by atoms with Crippen LogP contribution in [0.4, 0.5) is 5.69 Å². The normalized spacial score (nSPS) is 14.2. The molecule has 1 heterocycles. The molecular weight excluding hydrogens is 310 g/mol. The maximum Gasteiger partial charge on any atom is 0.169 e. The van der Waals surface area contributed by atoms with Crippen molar-refractivity contribution in [3.05, 3.63) is 47.0 Å². The summed E-state index contributed by atoms with van der Waals surface area (Å²) in [7, 11) is 1.70. The summed E-state index contributed by atoms with van der Waals surface area (Å²) in [6.07, 6.45) is 2.57. The third kappa shape index (κ3) is 3.76. The van der Waals surface area contributed by atoms with Crippen molar-refractivity contribution in [2.45, 2.75) is 46.5 Å². The minimum absolute atomic E-state index is 0.464. The summed E-state index contributed by atoms with van der Waals surface area (Å²) in [5.74, 6) is 2.95. The van der Waals surface area contributed by atoms with E-state index in [9.17, 15) is 0 Å². The Balaban J connectivity index is 1.90. The lowest BCUT2D eigenvalue weighted by Gasteiger charge is -2.21. The maximum absolute atomic E-state index is 6.27. The third-order valence-electron chi connectivity index (χ3n) is 4.98. The average molecular weight is 339 g/mol. The Labute approximate surface area is 151 Å². The first-order valence-corrected chi connectivity index (χ1v) is 9.21. The van der Waals surface area contributed by atoms with Crippen LogP contribution in [0.1, 0.15) is 49.3 Å². The number of anilines is 1. The van der Waals surface area contributed by atoms with Gasteiger partial charge in [-0.2, -0.15) is 0 Å². The van der Waals surface area contributed by atoms with Crippen LogP contribution in [0.3, 0.4) is 0 Å². The average Bonchev–Trinajstić information content (AvgIpc) is 3.12. The van der Waals surface area contributed by atoms with E-state index < -0.39 is 0 Å². The molecule has 0 aliphatic carbocycles. The molecular formula is C22H29NO2. The number of nitrogens with zero attached hydrogens (tertiary/aromatic N) is 1. The van der Waals surface area contributed by atoms with Crippen LogP contribution in [0.15, 0.2) is 30.3 Å². The fourth-order valence-corrected chi connectivity index (χ4v) is 3.48. The Morgan fingerprint density at radius 3 is 2.12 bits per heavy atom. The van der Waals surface area contributed by atoms with Gasteiger partial charge in [0.05, 0.1) is 7.11 Å². The number of hydrogen-bond acceptors (Lipinski definition) is 3. The van der Waals surface area contributed by atoms with Crippen LogP contribution in [0, 0.1) is 13.8 Å². The Kier molecular flexibility index (Phi) is 5.22. The second-order valence-electron chi connectivity index (χ2n) is 7.27. The van der Waals surface area contributed by atoms with Crippen LogP contribution in [0.2, 0.25) is 0 Å². The lowest BCUT2D eigenvalue weighted by atomic mass is 10.0. The van der Waals surface area contributed by atoms with Gasteiger partial charge in [-0.3, -0.25) is 0 Å². The number of aryl methyl sites for hydroxylation is 2. The lowest BCUT2D eigenvalue weighted by Crippen LogP contribution is -2.17. The summed E-state index contributed by atoms with van der Waals surface area (Å²) in [4.78, 5) is 2.46. The standard InChI is InChI=1S/C22H29NO2/c1-15(2)18-8-9-20(21(14-18)24-5)25-22-16(3)12-19(13-17(22)4)23-10-6-7-11-23/h8-9,12-15H,6-7,10-11H2,1-5H3. The van der Waals surface area contributed by atoms with E-state index in [-0.39, 0.29) is 0 Å². The van der Waals surface area contributed by atoms with Crippen LogP contribution >= 0.6 is 0 Å². The molecule has 0 radical (unpaired) electrons. The lowest BCUT2D eigenvalue weighted by molar-refractivity contribution is 0.376. The van der Waals surface area contributed by atoms with E-state index in [4.69, 9.17) is 9.47 Å². The summed E-state index contributed by atoms with van der Waals surface area (Å²) >= 11 is 0. The van der Waals surface area contributed by atoms with Crippen molar-refractivity contribution in [1.82, 2.24) is 0 Å². The fourth-order valence-electron chi connectivity index (χ4n) is 3.48. The molecule has 2 aromatic carbocycles. The van der Waals surface area contributed by atoms with Crippen LogP contribution in [0.25, 0.3) is 0 Å². The summed E-state index contributed by atoms with van der Waals surface area (Å²) in [6.45, 7) is 10.9. The fraction of sp³-hybridized carbons (Fsp3) is 0.455. The highest BCUT2D eigenvalue weighted by Gasteiger charge is 2.17. The topological polar surface area (TPSA) is 21.7 Å². The zero-order valence-electron chi connectivity index (χ0n) is 16.1. The quantitative estimate of drug-likeness (QED) is 0.684. The van der Waals surface area contributed by atoms with Crippen molar-refractivity contribution in [1.29, 1.82) is 0 Å². The van der Waals surface area contributed by atoms with Crippen molar-refractivity contribution in [2.75, 3.05) is 25.1 Å². The Morgan fingerprint density at radius 1 is 0.920 bits per heavy atom. The monoisotopic (exact) mass is 339 g/mol. The van der Waals surface area contributed by atoms with Gasteiger partial charge in [0.2, 0.25) is 0 Å². The van der Waals surface area contributed by atoms with Gasteiger partial charge in [-0.25, -0.2) is 0 Å². The van der Waals surface area contributed by atoms with Gasteiger partial charge in [0.1, 0.15) is 5.75 Å². The molecule has 3 rings (SSSR count). The molecule has 25 heavy (non-hydrogen) atoms. The van der Waals surface area contributed by atoms with Crippen LogP contribution in [0.5, 0.6) is 17.2 Å². The molecule has 1 aliphatic heterocycles. The molecule has 0 amide bonds. The van der Waals surface area contributed by atoms with Gasteiger partial charge >= 0.3 is 0 Å². The highest BCUT2D eigenvalue weighted by atomic mass is 16.5. The van der Waals surface area contributed by atoms with Crippen molar-refractivity contribution < 1.29 is 9.47 Å². The summed E-state index contributed by atoms with van der Waals surface area (Å²) in [6, 6.07) is 10.7. The number of rotatable bonds is 5. The first kappa shape index (κ1) is 17.7. The molecule has 1 aliphatic rings. The molecule has 134 valence electrons. The predicted molar refractivity (Wildman–Crippen MR) is 105 cm³/mol. The summed E-state index contributed by atoms with van der Waals surface area (Å²) in [5.41, 5.74) is 4.89. The maximum atomic E-state index is 6.27. The predicted octanol–water partition coefficient (Wildman–Crippen LogP) is 5.83. The molecule has 1 fully saturated rings.